The third kappa shape index (κ3) is 4.49. The van der Waals surface area contributed by atoms with Crippen LogP contribution in [0.4, 0.5) is 18.9 Å². The predicted molar refractivity (Wildman–Crippen MR) is 115 cm³/mol. The molecule has 0 spiro atoms. The molecule has 0 saturated heterocycles. The Labute approximate surface area is 176 Å². The van der Waals surface area contributed by atoms with Gasteiger partial charge in [-0.05, 0) is 87.6 Å². The Hall–Kier alpha value is -2.05. The van der Waals surface area contributed by atoms with Gasteiger partial charge in [0.15, 0.2) is 0 Å². The van der Waals surface area contributed by atoms with E-state index in [-0.39, 0.29) is 17.9 Å². The van der Waals surface area contributed by atoms with Crippen molar-refractivity contribution in [1.82, 2.24) is 10.2 Å². The highest BCUT2D eigenvalue weighted by atomic mass is 19.4. The van der Waals surface area contributed by atoms with Crippen molar-refractivity contribution in [2.24, 2.45) is 5.92 Å². The zero-order chi connectivity index (χ0) is 21.3. The van der Waals surface area contributed by atoms with E-state index in [9.17, 15) is 13.2 Å². The highest BCUT2D eigenvalue weighted by Crippen LogP contribution is 2.53. The van der Waals surface area contributed by atoms with E-state index < -0.39 is 11.7 Å². The van der Waals surface area contributed by atoms with Crippen molar-refractivity contribution in [2.75, 3.05) is 32.5 Å². The number of hydrogen-bond acceptors (Lipinski definition) is 3. The van der Waals surface area contributed by atoms with Crippen molar-refractivity contribution in [2.45, 2.75) is 43.4 Å². The van der Waals surface area contributed by atoms with Gasteiger partial charge < -0.3 is 15.5 Å². The first kappa shape index (κ1) is 21.2. The molecule has 0 radical (unpaired) electrons. The molecule has 162 valence electrons. The van der Waals surface area contributed by atoms with Crippen molar-refractivity contribution in [3.05, 3.63) is 65.2 Å². The van der Waals surface area contributed by atoms with E-state index in [1.165, 1.54) is 17.7 Å². The van der Waals surface area contributed by atoms with Crippen molar-refractivity contribution in [3.8, 4) is 0 Å². The first-order valence-electron chi connectivity index (χ1n) is 10.7. The monoisotopic (exact) mass is 417 g/mol. The van der Waals surface area contributed by atoms with E-state index in [0.29, 0.717) is 6.04 Å². The fourth-order valence-electron chi connectivity index (χ4n) is 5.11. The third-order valence-corrected chi connectivity index (χ3v) is 6.50. The van der Waals surface area contributed by atoms with Crippen LogP contribution in [0.2, 0.25) is 0 Å². The number of alkyl halides is 3. The van der Waals surface area contributed by atoms with Crippen LogP contribution in [0.5, 0.6) is 0 Å². The molecular formula is C24H30F3N3. The number of nitrogens with one attached hydrogen (secondary N) is 2. The Balaban J connectivity index is 1.59. The molecule has 0 unspecified atom stereocenters. The van der Waals surface area contributed by atoms with Crippen LogP contribution in [0, 0.1) is 5.92 Å². The van der Waals surface area contributed by atoms with Gasteiger partial charge in [-0.15, -0.1) is 0 Å². The van der Waals surface area contributed by atoms with Gasteiger partial charge in [0.25, 0.3) is 0 Å². The van der Waals surface area contributed by atoms with Gasteiger partial charge in [-0.25, -0.2) is 0 Å². The summed E-state index contributed by atoms with van der Waals surface area (Å²) in [6.45, 7) is 1.96. The highest BCUT2D eigenvalue weighted by Gasteiger charge is 2.45. The summed E-state index contributed by atoms with van der Waals surface area (Å²) in [6, 6.07) is 14.9. The summed E-state index contributed by atoms with van der Waals surface area (Å²) in [5, 5.41) is 7.23. The highest BCUT2D eigenvalue weighted by molar-refractivity contribution is 5.59. The molecule has 0 aromatic heterocycles. The van der Waals surface area contributed by atoms with E-state index in [4.69, 9.17) is 0 Å². The number of anilines is 1. The summed E-state index contributed by atoms with van der Waals surface area (Å²) >= 11 is 0. The second-order valence-corrected chi connectivity index (χ2v) is 8.88. The Morgan fingerprint density at radius 1 is 1.07 bits per heavy atom. The van der Waals surface area contributed by atoms with Crippen LogP contribution < -0.4 is 10.6 Å². The third-order valence-electron chi connectivity index (χ3n) is 6.50. The Bertz CT molecular complexity index is 851. The van der Waals surface area contributed by atoms with Crippen molar-refractivity contribution in [1.29, 1.82) is 0 Å². The lowest BCUT2D eigenvalue weighted by Gasteiger charge is -2.38. The average Bonchev–Trinajstić information content (AvgIpc) is 3.14. The normalized spacial score (nSPS) is 25.7. The van der Waals surface area contributed by atoms with Crippen LogP contribution in [0.15, 0.2) is 48.5 Å². The lowest BCUT2D eigenvalue weighted by atomic mass is 9.77. The molecule has 1 aliphatic carbocycles. The molecule has 30 heavy (non-hydrogen) atoms. The standard InChI is InChI=1S/C24H30F3N3/c1-30(2)12-6-11-28-18-14-19-20-13-17(24(25,26)27)9-10-22(20)29-23(21(19)15-18)16-7-4-3-5-8-16/h3-5,7-10,13,18-19,21,23,28-29H,6,11-12,14-15H2,1-2H3/t18-,19+,21+,23-/m0/s1. The molecule has 6 heteroatoms. The van der Waals surface area contributed by atoms with Crippen molar-refractivity contribution in [3.63, 3.8) is 0 Å². The smallest absolute Gasteiger partial charge is 0.378 e. The second kappa shape index (κ2) is 8.60. The number of halogens is 3. The van der Waals surface area contributed by atoms with Crippen LogP contribution >= 0.6 is 0 Å². The molecule has 0 amide bonds. The molecule has 4 rings (SSSR count). The number of fused-ring (bicyclic) bond motifs is 3. The Morgan fingerprint density at radius 2 is 1.83 bits per heavy atom. The zero-order valence-corrected chi connectivity index (χ0v) is 17.5. The summed E-state index contributed by atoms with van der Waals surface area (Å²) in [6.07, 6.45) is -1.40. The largest absolute Gasteiger partial charge is 0.416 e. The molecule has 1 heterocycles. The van der Waals surface area contributed by atoms with Gasteiger partial charge in [-0.1, -0.05) is 30.3 Å². The minimum Gasteiger partial charge on any atom is -0.378 e. The van der Waals surface area contributed by atoms with Gasteiger partial charge >= 0.3 is 6.18 Å². The molecular weight excluding hydrogens is 387 g/mol. The van der Waals surface area contributed by atoms with Gasteiger partial charge in [-0.3, -0.25) is 0 Å². The summed E-state index contributed by atoms with van der Waals surface area (Å²) in [7, 11) is 4.13. The van der Waals surface area contributed by atoms with Crippen molar-refractivity contribution >= 4 is 5.69 Å². The predicted octanol–water partition coefficient (Wildman–Crippen LogP) is 5.28. The number of nitrogens with zero attached hydrogens (tertiary/aromatic N) is 1. The molecule has 1 saturated carbocycles. The second-order valence-electron chi connectivity index (χ2n) is 8.88. The van der Waals surface area contributed by atoms with Gasteiger partial charge in [0.2, 0.25) is 0 Å². The molecule has 2 N–H and O–H groups in total. The van der Waals surface area contributed by atoms with Crippen LogP contribution in [0.3, 0.4) is 0 Å². The average molecular weight is 418 g/mol. The fraction of sp³-hybridized carbons (Fsp3) is 0.500. The minimum absolute atomic E-state index is 0.119. The van der Waals surface area contributed by atoms with E-state index in [0.717, 1.165) is 43.6 Å². The first-order chi connectivity index (χ1) is 14.3. The first-order valence-corrected chi connectivity index (χ1v) is 10.7. The summed E-state index contributed by atoms with van der Waals surface area (Å²) in [5.74, 6) is 0.398. The van der Waals surface area contributed by atoms with Gasteiger partial charge in [-0.2, -0.15) is 13.2 Å². The molecule has 4 atom stereocenters. The van der Waals surface area contributed by atoms with Crippen molar-refractivity contribution < 1.29 is 13.2 Å². The molecule has 1 fully saturated rings. The summed E-state index contributed by atoms with van der Waals surface area (Å²) < 4.78 is 40.1. The molecule has 2 aromatic rings. The molecule has 0 bridgehead atoms. The maximum absolute atomic E-state index is 13.4. The molecule has 3 nitrogen and oxygen atoms in total. The molecule has 2 aromatic carbocycles. The van der Waals surface area contributed by atoms with Gasteiger partial charge in [0, 0.05) is 11.7 Å². The number of hydrogen-bond donors (Lipinski definition) is 2. The zero-order valence-electron chi connectivity index (χ0n) is 17.5. The maximum atomic E-state index is 13.4. The SMILES string of the molecule is CN(C)CCCN[C@@H]1C[C@@H]2[C@H](C1)c1cc(C(F)(F)F)ccc1N[C@H]2c1ccccc1. The van der Waals surface area contributed by atoms with Crippen LogP contribution in [-0.4, -0.2) is 38.1 Å². The number of benzene rings is 2. The minimum atomic E-state index is -4.32. The van der Waals surface area contributed by atoms with Crippen LogP contribution in [0.1, 0.15) is 47.9 Å². The van der Waals surface area contributed by atoms with Gasteiger partial charge in [0.05, 0.1) is 11.6 Å². The summed E-state index contributed by atoms with van der Waals surface area (Å²) in [4.78, 5) is 2.17. The van der Waals surface area contributed by atoms with Gasteiger partial charge in [0.1, 0.15) is 0 Å². The van der Waals surface area contributed by atoms with E-state index in [1.807, 2.05) is 18.2 Å². The Morgan fingerprint density at radius 3 is 2.53 bits per heavy atom. The Kier molecular flexibility index (Phi) is 6.07. The lowest BCUT2D eigenvalue weighted by Crippen LogP contribution is -2.30. The quantitative estimate of drug-likeness (QED) is 0.627. The molecule has 1 aliphatic heterocycles. The maximum Gasteiger partial charge on any atom is 0.416 e. The van der Waals surface area contributed by atoms with Crippen LogP contribution in [0.25, 0.3) is 0 Å². The lowest BCUT2D eigenvalue weighted by molar-refractivity contribution is -0.137. The fourth-order valence-corrected chi connectivity index (χ4v) is 5.11. The van der Waals surface area contributed by atoms with Crippen LogP contribution in [-0.2, 0) is 6.18 Å². The number of rotatable bonds is 6. The van der Waals surface area contributed by atoms with E-state index in [1.54, 1.807) is 6.07 Å². The summed E-state index contributed by atoms with van der Waals surface area (Å²) in [5.41, 5.74) is 2.31. The van der Waals surface area contributed by atoms with E-state index in [2.05, 4.69) is 41.8 Å². The topological polar surface area (TPSA) is 27.3 Å². The molecule has 2 aliphatic rings. The van der Waals surface area contributed by atoms with E-state index >= 15 is 0 Å².